The number of ketones is 1. The molecule has 0 spiro atoms. The van der Waals surface area contributed by atoms with Gasteiger partial charge in [0.2, 0.25) is 5.78 Å². The van der Waals surface area contributed by atoms with Crippen LogP contribution in [0, 0.1) is 0 Å². The lowest BCUT2D eigenvalue weighted by Crippen LogP contribution is -2.10. The Morgan fingerprint density at radius 1 is 0.906 bits per heavy atom. The molecule has 0 fully saturated rings. The second-order valence-electron chi connectivity index (χ2n) is 7.24. The number of nitrogens with zero attached hydrogens (tertiary/aromatic N) is 1. The van der Waals surface area contributed by atoms with Crippen LogP contribution in [0.2, 0.25) is 5.02 Å². The van der Waals surface area contributed by atoms with E-state index in [1.54, 1.807) is 24.3 Å². The summed E-state index contributed by atoms with van der Waals surface area (Å²) in [6, 6.07) is 16.5. The Morgan fingerprint density at radius 3 is 2.09 bits per heavy atom. The molecule has 0 saturated heterocycles. The van der Waals surface area contributed by atoms with Gasteiger partial charge in [0.25, 0.3) is 0 Å². The molecule has 1 aromatic heterocycles. The molecule has 0 radical (unpaired) electrons. The van der Waals surface area contributed by atoms with Crippen molar-refractivity contribution in [3.8, 4) is 5.69 Å². The number of rotatable bonds is 4. The molecule has 0 amide bonds. The fourth-order valence-electron chi connectivity index (χ4n) is 3.42. The summed E-state index contributed by atoms with van der Waals surface area (Å²) in [7, 11) is -3.50. The van der Waals surface area contributed by atoms with Crippen molar-refractivity contribution in [1.29, 1.82) is 0 Å². The number of alkyl halides is 3. The number of hydrogen-bond acceptors (Lipinski definition) is 3. The predicted molar refractivity (Wildman–Crippen MR) is 116 cm³/mol. The molecule has 0 aliphatic heterocycles. The van der Waals surface area contributed by atoms with E-state index >= 15 is 0 Å². The standard InChI is InChI=1S/C23H15ClF3NO3S/c1-32(30,31)19-10-11-20-15(12-19)13-21(22(29)14-2-6-17(24)7-3-14)28(20)18-8-4-16(5-9-18)23(25,26)27/h2-13H,1H3. The number of aromatic nitrogens is 1. The van der Waals surface area contributed by atoms with E-state index in [0.29, 0.717) is 27.2 Å². The van der Waals surface area contributed by atoms with Crippen molar-refractivity contribution >= 4 is 38.1 Å². The second kappa shape index (κ2) is 7.79. The normalized spacial score (nSPS) is 12.3. The first-order valence-corrected chi connectivity index (χ1v) is 11.6. The molecule has 1 heterocycles. The lowest BCUT2D eigenvalue weighted by atomic mass is 10.1. The van der Waals surface area contributed by atoms with Gasteiger partial charge in [-0.2, -0.15) is 13.2 Å². The van der Waals surface area contributed by atoms with E-state index in [2.05, 4.69) is 0 Å². The molecule has 9 heteroatoms. The Hall–Kier alpha value is -3.10. The molecule has 0 bridgehead atoms. The SMILES string of the molecule is CS(=O)(=O)c1ccc2c(c1)cc(C(=O)c1ccc(Cl)cc1)n2-c1ccc(C(F)(F)F)cc1. The number of hydrogen-bond donors (Lipinski definition) is 0. The van der Waals surface area contributed by atoms with Gasteiger partial charge in [-0.05, 0) is 72.8 Å². The molecular formula is C23H15ClF3NO3S. The summed E-state index contributed by atoms with van der Waals surface area (Å²) < 4.78 is 64.5. The maximum Gasteiger partial charge on any atom is 0.416 e. The molecule has 3 aromatic carbocycles. The number of carbonyl (C=O) groups excluding carboxylic acids is 1. The zero-order chi connectivity index (χ0) is 23.3. The molecular weight excluding hydrogens is 463 g/mol. The Morgan fingerprint density at radius 2 is 1.53 bits per heavy atom. The van der Waals surface area contributed by atoms with Crippen molar-refractivity contribution in [1.82, 2.24) is 4.57 Å². The topological polar surface area (TPSA) is 56.1 Å². The largest absolute Gasteiger partial charge is 0.416 e. The summed E-state index contributed by atoms with van der Waals surface area (Å²) in [5, 5.41) is 0.910. The molecule has 4 rings (SSSR count). The van der Waals surface area contributed by atoms with Crippen LogP contribution >= 0.6 is 11.6 Å². The first kappa shape index (κ1) is 22.1. The highest BCUT2D eigenvalue weighted by Crippen LogP contribution is 2.32. The van der Waals surface area contributed by atoms with Gasteiger partial charge >= 0.3 is 6.18 Å². The van der Waals surface area contributed by atoms with E-state index < -0.39 is 27.4 Å². The van der Waals surface area contributed by atoms with Crippen molar-refractivity contribution in [3.05, 3.63) is 94.6 Å². The lowest BCUT2D eigenvalue weighted by Gasteiger charge is -2.13. The Labute approximate surface area is 186 Å². The van der Waals surface area contributed by atoms with Crippen molar-refractivity contribution in [2.75, 3.05) is 6.26 Å². The molecule has 0 aliphatic rings. The summed E-state index contributed by atoms with van der Waals surface area (Å²) in [6.07, 6.45) is -3.43. The van der Waals surface area contributed by atoms with E-state index in [9.17, 15) is 26.4 Å². The predicted octanol–water partition coefficient (Wildman–Crippen LogP) is 5.94. The van der Waals surface area contributed by atoms with Crippen LogP contribution in [-0.4, -0.2) is 25.0 Å². The van der Waals surface area contributed by atoms with Crippen LogP contribution in [0.1, 0.15) is 21.6 Å². The highest BCUT2D eigenvalue weighted by Gasteiger charge is 2.30. The molecule has 0 unspecified atom stereocenters. The van der Waals surface area contributed by atoms with Gasteiger partial charge in [-0.25, -0.2) is 8.42 Å². The van der Waals surface area contributed by atoms with Gasteiger partial charge in [-0.3, -0.25) is 4.79 Å². The average molecular weight is 478 g/mol. The number of sulfone groups is 1. The number of fused-ring (bicyclic) bond motifs is 1. The maximum atomic E-state index is 13.3. The van der Waals surface area contributed by atoms with Gasteiger partial charge in [0.15, 0.2) is 9.84 Å². The van der Waals surface area contributed by atoms with Crippen LogP contribution in [0.4, 0.5) is 13.2 Å². The third kappa shape index (κ3) is 4.16. The maximum absolute atomic E-state index is 13.3. The van der Waals surface area contributed by atoms with E-state index in [1.165, 1.54) is 41.0 Å². The number of halogens is 4. The van der Waals surface area contributed by atoms with Crippen LogP contribution in [0.5, 0.6) is 0 Å². The molecule has 0 atom stereocenters. The third-order valence-corrected chi connectivity index (χ3v) is 6.36. The summed E-state index contributed by atoms with van der Waals surface area (Å²) >= 11 is 5.90. The van der Waals surface area contributed by atoms with Gasteiger partial charge in [0.1, 0.15) is 0 Å². The second-order valence-corrected chi connectivity index (χ2v) is 9.69. The molecule has 0 aliphatic carbocycles. The average Bonchev–Trinajstić information content (AvgIpc) is 3.11. The van der Waals surface area contributed by atoms with Crippen LogP contribution in [0.3, 0.4) is 0 Å². The summed E-state index contributed by atoms with van der Waals surface area (Å²) in [5.74, 6) is -0.390. The first-order valence-electron chi connectivity index (χ1n) is 9.28. The van der Waals surface area contributed by atoms with E-state index in [1.807, 2.05) is 0 Å². The number of benzene rings is 3. The minimum atomic E-state index is -4.50. The van der Waals surface area contributed by atoms with Crippen molar-refractivity contribution in [2.24, 2.45) is 0 Å². The van der Waals surface area contributed by atoms with Gasteiger partial charge in [0.05, 0.1) is 21.7 Å². The van der Waals surface area contributed by atoms with Crippen molar-refractivity contribution in [3.63, 3.8) is 0 Å². The van der Waals surface area contributed by atoms with Gasteiger partial charge in [0, 0.05) is 27.9 Å². The van der Waals surface area contributed by atoms with E-state index in [4.69, 9.17) is 11.6 Å². The minimum Gasteiger partial charge on any atom is -0.306 e. The quantitative estimate of drug-likeness (QED) is 0.342. The molecule has 4 aromatic rings. The van der Waals surface area contributed by atoms with Crippen LogP contribution in [0.15, 0.2) is 77.7 Å². The fourth-order valence-corrected chi connectivity index (χ4v) is 4.20. The fraction of sp³-hybridized carbons (Fsp3) is 0.0870. The number of carbonyl (C=O) groups is 1. The highest BCUT2D eigenvalue weighted by molar-refractivity contribution is 7.90. The van der Waals surface area contributed by atoms with E-state index in [0.717, 1.165) is 18.4 Å². The van der Waals surface area contributed by atoms with Crippen LogP contribution in [0.25, 0.3) is 16.6 Å². The Bertz CT molecular complexity index is 1440. The van der Waals surface area contributed by atoms with Gasteiger partial charge in [-0.15, -0.1) is 0 Å². The van der Waals surface area contributed by atoms with Crippen LogP contribution in [-0.2, 0) is 16.0 Å². The molecule has 4 nitrogen and oxygen atoms in total. The zero-order valence-electron chi connectivity index (χ0n) is 16.5. The summed E-state index contributed by atoms with van der Waals surface area (Å²) in [4.78, 5) is 13.3. The molecule has 0 saturated carbocycles. The molecule has 164 valence electrons. The minimum absolute atomic E-state index is 0.0695. The Balaban J connectivity index is 1.95. The van der Waals surface area contributed by atoms with Gasteiger partial charge in [-0.1, -0.05) is 11.6 Å². The van der Waals surface area contributed by atoms with Gasteiger partial charge < -0.3 is 4.57 Å². The first-order chi connectivity index (χ1) is 14.9. The molecule has 32 heavy (non-hydrogen) atoms. The smallest absolute Gasteiger partial charge is 0.306 e. The lowest BCUT2D eigenvalue weighted by molar-refractivity contribution is -0.137. The van der Waals surface area contributed by atoms with E-state index in [-0.39, 0.29) is 10.6 Å². The molecule has 0 N–H and O–H groups in total. The highest BCUT2D eigenvalue weighted by atomic mass is 35.5. The van der Waals surface area contributed by atoms with Crippen molar-refractivity contribution < 1.29 is 26.4 Å². The third-order valence-electron chi connectivity index (χ3n) is 4.99. The zero-order valence-corrected chi connectivity index (χ0v) is 18.1. The Kier molecular flexibility index (Phi) is 5.38. The summed E-state index contributed by atoms with van der Waals surface area (Å²) in [6.45, 7) is 0. The van der Waals surface area contributed by atoms with Crippen molar-refractivity contribution in [2.45, 2.75) is 11.1 Å². The van der Waals surface area contributed by atoms with Crippen LogP contribution < -0.4 is 0 Å². The monoisotopic (exact) mass is 477 g/mol. The summed E-state index contributed by atoms with van der Waals surface area (Å²) in [5.41, 5.74) is 0.496.